The maximum absolute atomic E-state index is 12.6. The number of thiophene rings is 1. The number of H-pyrrole nitrogens is 1. The summed E-state index contributed by atoms with van der Waals surface area (Å²) in [5.41, 5.74) is 2.30. The van der Waals surface area contributed by atoms with Gasteiger partial charge < -0.3 is 10.3 Å². The predicted octanol–water partition coefficient (Wildman–Crippen LogP) is 3.56. The average molecular weight is 414 g/mol. The molecular weight excluding hydrogens is 390 g/mol. The Hall–Kier alpha value is -2.12. The van der Waals surface area contributed by atoms with Crippen LogP contribution < -0.4 is 10.9 Å². The number of benzene rings is 1. The van der Waals surface area contributed by atoms with Crippen LogP contribution in [-0.2, 0) is 24.1 Å². The molecule has 0 bridgehead atoms. The van der Waals surface area contributed by atoms with E-state index in [0.717, 1.165) is 35.9 Å². The van der Waals surface area contributed by atoms with Crippen molar-refractivity contribution in [3.05, 3.63) is 56.7 Å². The Kier molecular flexibility index (Phi) is 5.82. The first-order valence-electron chi connectivity index (χ1n) is 9.58. The number of rotatable bonds is 6. The number of carbonyl (C=O) groups is 1. The van der Waals surface area contributed by atoms with Gasteiger partial charge in [-0.15, -0.1) is 11.3 Å². The average Bonchev–Trinajstić information content (AvgIpc) is 3.05. The number of thioether (sulfide) groups is 1. The van der Waals surface area contributed by atoms with Crippen molar-refractivity contribution in [3.8, 4) is 0 Å². The lowest BCUT2D eigenvalue weighted by atomic mass is 9.89. The van der Waals surface area contributed by atoms with Crippen LogP contribution in [0.25, 0.3) is 10.2 Å². The summed E-state index contributed by atoms with van der Waals surface area (Å²) < 4.78 is 0. The minimum absolute atomic E-state index is 0.0528. The smallest absolute Gasteiger partial charge is 0.260 e. The Bertz CT molecular complexity index is 1040. The minimum Gasteiger partial charge on any atom is -0.355 e. The second-order valence-electron chi connectivity index (χ2n) is 7.28. The number of hydrogen-bond acceptors (Lipinski definition) is 5. The molecule has 0 aliphatic heterocycles. The molecule has 1 unspecified atom stereocenters. The third-order valence-corrected chi connectivity index (χ3v) is 7.08. The van der Waals surface area contributed by atoms with Crippen LogP contribution >= 0.6 is 23.1 Å². The number of aromatic amines is 1. The molecule has 2 aromatic heterocycles. The van der Waals surface area contributed by atoms with E-state index in [-0.39, 0.29) is 17.2 Å². The highest BCUT2D eigenvalue weighted by Crippen LogP contribution is 2.36. The van der Waals surface area contributed by atoms with E-state index in [4.69, 9.17) is 0 Å². The largest absolute Gasteiger partial charge is 0.355 e. The molecule has 0 spiro atoms. The Morgan fingerprint density at radius 3 is 3.00 bits per heavy atom. The lowest BCUT2D eigenvalue weighted by Crippen LogP contribution is -2.27. The molecule has 1 aliphatic carbocycles. The van der Waals surface area contributed by atoms with Gasteiger partial charge in [-0.1, -0.05) is 49.0 Å². The van der Waals surface area contributed by atoms with E-state index in [9.17, 15) is 9.59 Å². The van der Waals surface area contributed by atoms with Gasteiger partial charge in [-0.2, -0.15) is 0 Å². The molecule has 1 aromatic carbocycles. The van der Waals surface area contributed by atoms with Gasteiger partial charge in [0.2, 0.25) is 5.91 Å². The molecule has 0 fully saturated rings. The summed E-state index contributed by atoms with van der Waals surface area (Å²) in [4.78, 5) is 34.3. The molecule has 28 heavy (non-hydrogen) atoms. The normalized spacial score (nSPS) is 16.1. The van der Waals surface area contributed by atoms with Crippen LogP contribution in [0.1, 0.15) is 29.3 Å². The van der Waals surface area contributed by atoms with Crippen LogP contribution in [0.5, 0.6) is 0 Å². The summed E-state index contributed by atoms with van der Waals surface area (Å²) in [5.74, 6) is 0.849. The first-order valence-corrected chi connectivity index (χ1v) is 11.4. The third-order valence-electron chi connectivity index (χ3n) is 5.06. The fraction of sp³-hybridized carbons (Fsp3) is 0.381. The first kappa shape index (κ1) is 19.2. The van der Waals surface area contributed by atoms with E-state index in [1.165, 1.54) is 27.8 Å². The van der Waals surface area contributed by atoms with Crippen LogP contribution in [0.2, 0.25) is 0 Å². The van der Waals surface area contributed by atoms with Gasteiger partial charge >= 0.3 is 0 Å². The van der Waals surface area contributed by atoms with E-state index in [1.807, 2.05) is 30.3 Å². The third kappa shape index (κ3) is 4.31. The molecular formula is C21H23N3O2S2. The second kappa shape index (κ2) is 8.49. The summed E-state index contributed by atoms with van der Waals surface area (Å²) in [6, 6.07) is 10.1. The van der Waals surface area contributed by atoms with E-state index >= 15 is 0 Å². The summed E-state index contributed by atoms with van der Waals surface area (Å²) in [6.45, 7) is 2.85. The van der Waals surface area contributed by atoms with Gasteiger partial charge in [0.05, 0.1) is 11.1 Å². The fourth-order valence-electron chi connectivity index (χ4n) is 3.57. The van der Waals surface area contributed by atoms with Gasteiger partial charge in [-0.3, -0.25) is 9.59 Å². The fourth-order valence-corrected chi connectivity index (χ4v) is 5.71. The molecule has 7 heteroatoms. The van der Waals surface area contributed by atoms with E-state index in [1.54, 1.807) is 11.3 Å². The van der Waals surface area contributed by atoms with Gasteiger partial charge in [0, 0.05) is 11.4 Å². The second-order valence-corrected chi connectivity index (χ2v) is 9.32. The Labute approximate surface area is 172 Å². The van der Waals surface area contributed by atoms with Gasteiger partial charge in [0.25, 0.3) is 5.56 Å². The SMILES string of the molecule is CC1CCc2c(sc3nc(SCC(=O)NCCc4ccccc4)[nH]c(=O)c23)C1. The molecule has 0 saturated heterocycles. The number of carbonyl (C=O) groups excluding carboxylic acids is 1. The van der Waals surface area contributed by atoms with Crippen LogP contribution in [0.4, 0.5) is 0 Å². The number of nitrogens with one attached hydrogen (secondary N) is 2. The quantitative estimate of drug-likeness (QED) is 0.479. The van der Waals surface area contributed by atoms with Crippen molar-refractivity contribution in [1.29, 1.82) is 0 Å². The Morgan fingerprint density at radius 2 is 2.18 bits per heavy atom. The van der Waals surface area contributed by atoms with Crippen molar-refractivity contribution in [2.45, 2.75) is 37.8 Å². The molecule has 2 heterocycles. The number of fused-ring (bicyclic) bond motifs is 3. The predicted molar refractivity (Wildman–Crippen MR) is 115 cm³/mol. The number of amides is 1. The highest BCUT2D eigenvalue weighted by molar-refractivity contribution is 7.99. The zero-order chi connectivity index (χ0) is 19.5. The minimum atomic E-state index is -0.0796. The highest BCUT2D eigenvalue weighted by Gasteiger charge is 2.23. The van der Waals surface area contributed by atoms with Crippen molar-refractivity contribution in [2.75, 3.05) is 12.3 Å². The molecule has 1 amide bonds. The molecule has 4 rings (SSSR count). The summed E-state index contributed by atoms with van der Waals surface area (Å²) in [6.07, 6.45) is 3.91. The lowest BCUT2D eigenvalue weighted by Gasteiger charge is -2.17. The zero-order valence-electron chi connectivity index (χ0n) is 15.8. The molecule has 0 saturated carbocycles. The van der Waals surface area contributed by atoms with Crippen molar-refractivity contribution in [3.63, 3.8) is 0 Å². The topological polar surface area (TPSA) is 74.8 Å². The molecule has 5 nitrogen and oxygen atoms in total. The van der Waals surface area contributed by atoms with Crippen molar-refractivity contribution >= 4 is 39.2 Å². The van der Waals surface area contributed by atoms with E-state index in [2.05, 4.69) is 22.2 Å². The van der Waals surface area contributed by atoms with Gasteiger partial charge in [0.1, 0.15) is 4.83 Å². The van der Waals surface area contributed by atoms with Crippen LogP contribution in [0, 0.1) is 5.92 Å². The zero-order valence-corrected chi connectivity index (χ0v) is 17.4. The van der Waals surface area contributed by atoms with E-state index < -0.39 is 0 Å². The van der Waals surface area contributed by atoms with Crippen molar-refractivity contribution < 1.29 is 4.79 Å². The van der Waals surface area contributed by atoms with Gasteiger partial charge in [-0.05, 0) is 42.7 Å². The highest BCUT2D eigenvalue weighted by atomic mass is 32.2. The molecule has 3 aromatic rings. The molecule has 1 atom stereocenters. The number of nitrogens with zero attached hydrogens (tertiary/aromatic N) is 1. The maximum atomic E-state index is 12.6. The molecule has 1 aliphatic rings. The van der Waals surface area contributed by atoms with Crippen LogP contribution in [0.15, 0.2) is 40.3 Å². The Balaban J connectivity index is 1.37. The number of aryl methyl sites for hydroxylation is 1. The lowest BCUT2D eigenvalue weighted by molar-refractivity contribution is -0.118. The van der Waals surface area contributed by atoms with Gasteiger partial charge in [-0.25, -0.2) is 4.98 Å². The Morgan fingerprint density at radius 1 is 1.36 bits per heavy atom. The molecule has 0 radical (unpaired) electrons. The number of aromatic nitrogens is 2. The van der Waals surface area contributed by atoms with Crippen molar-refractivity contribution in [2.24, 2.45) is 5.92 Å². The molecule has 146 valence electrons. The van der Waals surface area contributed by atoms with Gasteiger partial charge in [0.15, 0.2) is 5.16 Å². The summed E-state index contributed by atoms with van der Waals surface area (Å²) in [7, 11) is 0. The standard InChI is InChI=1S/C21H23N3O2S2/c1-13-7-8-15-16(11-13)28-20-18(15)19(26)23-21(24-20)27-12-17(25)22-10-9-14-5-3-2-4-6-14/h2-6,13H,7-12H2,1H3,(H,22,25)(H,23,24,26). The first-order chi connectivity index (χ1) is 13.6. The molecule has 2 N–H and O–H groups in total. The number of hydrogen-bond donors (Lipinski definition) is 2. The monoisotopic (exact) mass is 413 g/mol. The summed E-state index contributed by atoms with van der Waals surface area (Å²) >= 11 is 2.91. The van der Waals surface area contributed by atoms with E-state index in [0.29, 0.717) is 17.6 Å². The van der Waals surface area contributed by atoms with Crippen LogP contribution in [0.3, 0.4) is 0 Å². The maximum Gasteiger partial charge on any atom is 0.260 e. The van der Waals surface area contributed by atoms with Crippen molar-refractivity contribution in [1.82, 2.24) is 15.3 Å². The summed E-state index contributed by atoms with van der Waals surface area (Å²) in [5, 5.41) is 4.19. The van der Waals surface area contributed by atoms with Crippen LogP contribution in [-0.4, -0.2) is 28.2 Å².